The Balaban J connectivity index is 2.77. The molecule has 0 radical (unpaired) electrons. The van der Waals surface area contributed by atoms with E-state index in [0.717, 1.165) is 12.8 Å². The molecule has 0 unspecified atom stereocenters. The Hall–Kier alpha value is -2.33. The number of benzene rings is 1. The molecule has 7 heteroatoms. The van der Waals surface area contributed by atoms with Crippen LogP contribution in [0, 0.1) is 11.8 Å². The summed E-state index contributed by atoms with van der Waals surface area (Å²) < 4.78 is 36.3. The number of alkyl halides is 3. The molecule has 148 valence electrons. The van der Waals surface area contributed by atoms with Gasteiger partial charge in [0.05, 0.1) is 0 Å². The third-order valence-electron chi connectivity index (χ3n) is 3.85. The van der Waals surface area contributed by atoms with Crippen LogP contribution in [0.5, 0.6) is 0 Å². The van der Waals surface area contributed by atoms with Gasteiger partial charge in [0.1, 0.15) is 5.60 Å². The van der Waals surface area contributed by atoms with Crippen LogP contribution in [0.25, 0.3) is 0 Å². The summed E-state index contributed by atoms with van der Waals surface area (Å²) in [6.07, 6.45) is -2.56. The van der Waals surface area contributed by atoms with Crippen molar-refractivity contribution in [2.75, 3.05) is 6.54 Å². The topological polar surface area (TPSA) is 66.4 Å². The summed E-state index contributed by atoms with van der Waals surface area (Å²) >= 11 is 0. The van der Waals surface area contributed by atoms with Gasteiger partial charge >= 0.3 is 12.1 Å². The fourth-order valence-corrected chi connectivity index (χ4v) is 2.57. The van der Waals surface area contributed by atoms with E-state index in [-0.39, 0.29) is 12.0 Å². The molecule has 4 nitrogen and oxygen atoms in total. The van der Waals surface area contributed by atoms with E-state index in [1.807, 2.05) is 13.8 Å². The van der Waals surface area contributed by atoms with Crippen molar-refractivity contribution >= 4 is 11.7 Å². The molecule has 0 spiro atoms. The second kappa shape index (κ2) is 10.1. The van der Waals surface area contributed by atoms with Gasteiger partial charge in [-0.05, 0) is 25.0 Å². The molecule has 2 N–H and O–H groups in total. The normalized spacial score (nSPS) is 11.5. The van der Waals surface area contributed by atoms with Crippen molar-refractivity contribution in [3.63, 3.8) is 0 Å². The average molecular weight is 383 g/mol. The van der Waals surface area contributed by atoms with Gasteiger partial charge in [0.25, 0.3) is 0 Å². The molecule has 1 aromatic rings. The van der Waals surface area contributed by atoms with Gasteiger partial charge in [-0.1, -0.05) is 50.7 Å². The van der Waals surface area contributed by atoms with E-state index in [1.54, 1.807) is 17.4 Å². The van der Waals surface area contributed by atoms with E-state index in [4.69, 9.17) is 0 Å². The summed E-state index contributed by atoms with van der Waals surface area (Å²) in [5.41, 5.74) is -0.255. The first-order chi connectivity index (χ1) is 12.6. The molecule has 0 bridgehead atoms. The third-order valence-corrected chi connectivity index (χ3v) is 3.85. The highest BCUT2D eigenvalue weighted by atomic mass is 19.4. The Morgan fingerprint density at radius 2 is 1.78 bits per heavy atom. The number of hydrogen-bond acceptors (Lipinski definition) is 3. The predicted octanol–water partition coefficient (Wildman–Crippen LogP) is 3.62. The number of rotatable bonds is 8. The van der Waals surface area contributed by atoms with Crippen LogP contribution >= 0.6 is 0 Å². The van der Waals surface area contributed by atoms with Crippen LogP contribution in [0.1, 0.15) is 61.9 Å². The number of aliphatic hydroxyl groups is 1. The first kappa shape index (κ1) is 22.7. The summed E-state index contributed by atoms with van der Waals surface area (Å²) in [5.74, 6) is 3.27. The maximum Gasteiger partial charge on any atom is 0.471 e. The first-order valence-corrected chi connectivity index (χ1v) is 8.85. The van der Waals surface area contributed by atoms with Gasteiger partial charge in [0, 0.05) is 24.1 Å². The molecule has 1 amide bonds. The van der Waals surface area contributed by atoms with Gasteiger partial charge in [-0.2, -0.15) is 13.2 Å². The number of Topliss-reactive ketones (excluding diaryl/α,β-unsaturated/α-hetero) is 1. The summed E-state index contributed by atoms with van der Waals surface area (Å²) in [4.78, 5) is 22.8. The molecule has 0 aliphatic carbocycles. The minimum atomic E-state index is -4.97. The summed E-state index contributed by atoms with van der Waals surface area (Å²) in [6.45, 7) is 3.51. The predicted molar refractivity (Wildman–Crippen MR) is 96.1 cm³/mol. The fourth-order valence-electron chi connectivity index (χ4n) is 2.57. The van der Waals surface area contributed by atoms with Crippen molar-refractivity contribution in [2.45, 2.75) is 57.7 Å². The highest BCUT2D eigenvalue weighted by molar-refractivity contribution is 5.96. The van der Waals surface area contributed by atoms with Crippen LogP contribution < -0.4 is 5.32 Å². The molecule has 0 fully saturated rings. The molecule has 1 rings (SSSR count). The maximum absolute atomic E-state index is 12.1. The Kier molecular flexibility index (Phi) is 8.51. The van der Waals surface area contributed by atoms with E-state index in [9.17, 15) is 27.9 Å². The molecule has 0 heterocycles. The highest BCUT2D eigenvalue weighted by Gasteiger charge is 2.38. The molecule has 0 aliphatic heterocycles. The second-order valence-electron chi connectivity index (χ2n) is 6.29. The Bertz CT molecular complexity index is 711. The SMILES string of the molecule is CCCC(O)(C#Cc1cccc(C(=O)CCNC(=O)C(F)(F)F)c1)CCC. The lowest BCUT2D eigenvalue weighted by Crippen LogP contribution is -2.37. The smallest absolute Gasteiger partial charge is 0.378 e. The van der Waals surface area contributed by atoms with Crippen molar-refractivity contribution in [1.82, 2.24) is 5.32 Å². The van der Waals surface area contributed by atoms with Gasteiger partial charge in [-0.15, -0.1) is 0 Å². The summed E-state index contributed by atoms with van der Waals surface area (Å²) in [6, 6.07) is 6.36. The number of halogens is 3. The number of amides is 1. The molecule has 0 saturated carbocycles. The van der Waals surface area contributed by atoms with Crippen molar-refractivity contribution in [3.05, 3.63) is 35.4 Å². The van der Waals surface area contributed by atoms with Crippen LogP contribution in [0.2, 0.25) is 0 Å². The number of ketones is 1. The number of carbonyl (C=O) groups is 2. The van der Waals surface area contributed by atoms with Crippen molar-refractivity contribution in [3.8, 4) is 11.8 Å². The fraction of sp³-hybridized carbons (Fsp3) is 0.500. The Morgan fingerprint density at radius 3 is 2.33 bits per heavy atom. The Morgan fingerprint density at radius 1 is 1.15 bits per heavy atom. The van der Waals surface area contributed by atoms with Gasteiger partial charge in [0.15, 0.2) is 5.78 Å². The van der Waals surface area contributed by atoms with Crippen molar-refractivity contribution in [1.29, 1.82) is 0 Å². The molecule has 0 aliphatic rings. The Labute approximate surface area is 157 Å². The van der Waals surface area contributed by atoms with E-state index in [2.05, 4.69) is 11.8 Å². The van der Waals surface area contributed by atoms with Crippen LogP contribution in [0.15, 0.2) is 24.3 Å². The largest absolute Gasteiger partial charge is 0.471 e. The summed E-state index contributed by atoms with van der Waals surface area (Å²) in [7, 11) is 0. The number of hydrogen-bond donors (Lipinski definition) is 2. The summed E-state index contributed by atoms with van der Waals surface area (Å²) in [5, 5.41) is 12.2. The van der Waals surface area contributed by atoms with Crippen LogP contribution in [-0.4, -0.2) is 35.1 Å². The second-order valence-corrected chi connectivity index (χ2v) is 6.29. The van der Waals surface area contributed by atoms with Crippen LogP contribution in [-0.2, 0) is 4.79 Å². The van der Waals surface area contributed by atoms with E-state index in [1.165, 1.54) is 12.1 Å². The minimum absolute atomic E-state index is 0.256. The molecular weight excluding hydrogens is 359 g/mol. The molecule has 0 aromatic heterocycles. The standard InChI is InChI=1S/C20H24F3NO3/c1-3-10-19(27,11-4-2)12-8-15-6-5-7-16(14-15)17(25)9-13-24-18(26)20(21,22)23/h5-7,14,27H,3-4,9-11,13H2,1-2H3,(H,24,26). The lowest BCUT2D eigenvalue weighted by Gasteiger charge is -2.20. The van der Waals surface area contributed by atoms with Crippen LogP contribution in [0.4, 0.5) is 13.2 Å². The number of carbonyl (C=O) groups excluding carboxylic acids is 2. The van der Waals surface area contributed by atoms with Crippen molar-refractivity contribution < 1.29 is 27.9 Å². The zero-order valence-corrected chi connectivity index (χ0v) is 15.4. The van der Waals surface area contributed by atoms with Gasteiger partial charge in [-0.3, -0.25) is 9.59 Å². The van der Waals surface area contributed by atoms with Gasteiger partial charge < -0.3 is 10.4 Å². The molecule has 0 saturated heterocycles. The highest BCUT2D eigenvalue weighted by Crippen LogP contribution is 2.19. The molecule has 0 atom stereocenters. The maximum atomic E-state index is 12.1. The van der Waals surface area contributed by atoms with Gasteiger partial charge in [0.2, 0.25) is 0 Å². The van der Waals surface area contributed by atoms with E-state index >= 15 is 0 Å². The third kappa shape index (κ3) is 7.83. The molecule has 27 heavy (non-hydrogen) atoms. The first-order valence-electron chi connectivity index (χ1n) is 8.85. The lowest BCUT2D eigenvalue weighted by atomic mass is 9.93. The van der Waals surface area contributed by atoms with Crippen LogP contribution in [0.3, 0.4) is 0 Å². The van der Waals surface area contributed by atoms with Gasteiger partial charge in [-0.25, -0.2) is 0 Å². The molecule has 1 aromatic carbocycles. The zero-order valence-electron chi connectivity index (χ0n) is 15.4. The molecular formula is C20H24F3NO3. The van der Waals surface area contributed by atoms with E-state index in [0.29, 0.717) is 18.4 Å². The minimum Gasteiger partial charge on any atom is -0.378 e. The van der Waals surface area contributed by atoms with E-state index < -0.39 is 30.0 Å². The lowest BCUT2D eigenvalue weighted by molar-refractivity contribution is -0.173. The van der Waals surface area contributed by atoms with Crippen molar-refractivity contribution in [2.24, 2.45) is 0 Å². The number of nitrogens with one attached hydrogen (secondary N) is 1. The average Bonchev–Trinajstić information content (AvgIpc) is 2.60. The quantitative estimate of drug-likeness (QED) is 0.532. The zero-order chi connectivity index (χ0) is 20.5. The monoisotopic (exact) mass is 383 g/mol.